The van der Waals surface area contributed by atoms with Crippen molar-refractivity contribution in [1.29, 1.82) is 0 Å². The van der Waals surface area contributed by atoms with Crippen LogP contribution in [0.5, 0.6) is 0 Å². The molecule has 7 nitrogen and oxygen atoms in total. The number of benzene rings is 1. The lowest BCUT2D eigenvalue weighted by atomic mass is 10.1. The first-order chi connectivity index (χ1) is 11.6. The number of aliphatic hydroxyl groups excluding tert-OH is 1. The minimum Gasteiger partial charge on any atom is -0.381 e. The van der Waals surface area contributed by atoms with Gasteiger partial charge in [-0.3, -0.25) is 4.79 Å². The van der Waals surface area contributed by atoms with Gasteiger partial charge in [-0.1, -0.05) is 29.5 Å². The molecule has 2 aromatic heterocycles. The highest BCUT2D eigenvalue weighted by atomic mass is 32.1. The molecule has 0 spiro atoms. The summed E-state index contributed by atoms with van der Waals surface area (Å²) in [7, 11) is 0. The third-order valence-corrected chi connectivity index (χ3v) is 4.23. The van der Waals surface area contributed by atoms with Crippen LogP contribution in [0.4, 0.5) is 0 Å². The molecule has 3 aromatic rings. The van der Waals surface area contributed by atoms with Crippen LogP contribution in [0.25, 0.3) is 6.08 Å². The number of H-pyrrole nitrogens is 1. The van der Waals surface area contributed by atoms with Crippen LogP contribution in [0.15, 0.2) is 35.7 Å². The number of rotatable bonds is 6. The number of aromatic nitrogens is 5. The molecule has 8 heteroatoms. The molecular formula is C16H15N5O2S. The van der Waals surface area contributed by atoms with Gasteiger partial charge in [0.15, 0.2) is 5.78 Å². The number of ketones is 1. The zero-order chi connectivity index (χ0) is 16.9. The Morgan fingerprint density at radius 2 is 2.17 bits per heavy atom. The lowest BCUT2D eigenvalue weighted by Gasteiger charge is -2.00. The first-order valence-corrected chi connectivity index (χ1v) is 8.13. The molecule has 0 bridgehead atoms. The number of Topliss-reactive ketones (excluding diaryl/α,β-unsaturated/α-hetero) is 1. The Morgan fingerprint density at radius 3 is 2.83 bits per heavy atom. The van der Waals surface area contributed by atoms with Crippen molar-refractivity contribution in [1.82, 2.24) is 25.6 Å². The van der Waals surface area contributed by atoms with E-state index in [4.69, 9.17) is 0 Å². The molecular weight excluding hydrogens is 326 g/mol. The van der Waals surface area contributed by atoms with Gasteiger partial charge in [0.1, 0.15) is 6.10 Å². The number of carbonyl (C=O) groups excluding carboxylic acids is 1. The number of nitrogens with zero attached hydrogens (tertiary/aromatic N) is 4. The molecule has 1 aromatic carbocycles. The summed E-state index contributed by atoms with van der Waals surface area (Å²) in [6.45, 7) is 1.55. The third-order valence-electron chi connectivity index (χ3n) is 3.36. The molecule has 0 amide bonds. The van der Waals surface area contributed by atoms with Crippen molar-refractivity contribution in [3.8, 4) is 0 Å². The van der Waals surface area contributed by atoms with Gasteiger partial charge >= 0.3 is 0 Å². The predicted molar refractivity (Wildman–Crippen MR) is 89.5 cm³/mol. The molecule has 3 rings (SSSR count). The molecule has 0 fully saturated rings. The molecule has 0 saturated carbocycles. The number of aliphatic hydroxyl groups is 1. The average molecular weight is 341 g/mol. The summed E-state index contributed by atoms with van der Waals surface area (Å²) in [6.07, 6.45) is 3.06. The quantitative estimate of drug-likeness (QED) is 0.666. The fraction of sp³-hybridized carbons (Fsp3) is 0.188. The SMILES string of the molecule is CC(=O)c1ccc(Cc2nc(C=CC(O)c3nn[nH]n3)cs2)cc1. The van der Waals surface area contributed by atoms with Crippen molar-refractivity contribution in [2.75, 3.05) is 0 Å². The Labute approximate surface area is 142 Å². The molecule has 0 aliphatic carbocycles. The largest absolute Gasteiger partial charge is 0.381 e. The molecule has 2 heterocycles. The zero-order valence-corrected chi connectivity index (χ0v) is 13.7. The summed E-state index contributed by atoms with van der Waals surface area (Å²) in [5.41, 5.74) is 2.56. The Hall–Kier alpha value is -2.71. The van der Waals surface area contributed by atoms with Gasteiger partial charge in [0.25, 0.3) is 0 Å². The van der Waals surface area contributed by atoms with E-state index in [9.17, 15) is 9.90 Å². The van der Waals surface area contributed by atoms with Crippen LogP contribution in [0, 0.1) is 0 Å². The topological polar surface area (TPSA) is 105 Å². The lowest BCUT2D eigenvalue weighted by Crippen LogP contribution is -1.96. The normalized spacial score (nSPS) is 12.6. The second-order valence-corrected chi connectivity index (χ2v) is 6.11. The van der Waals surface area contributed by atoms with Gasteiger partial charge in [-0.15, -0.1) is 21.5 Å². The average Bonchev–Trinajstić information content (AvgIpc) is 3.25. The fourth-order valence-corrected chi connectivity index (χ4v) is 2.88. The van der Waals surface area contributed by atoms with E-state index in [1.54, 1.807) is 30.4 Å². The van der Waals surface area contributed by atoms with Crippen molar-refractivity contribution < 1.29 is 9.90 Å². The van der Waals surface area contributed by atoms with Crippen LogP contribution in [-0.4, -0.2) is 36.5 Å². The van der Waals surface area contributed by atoms with Gasteiger partial charge in [-0.2, -0.15) is 5.21 Å². The summed E-state index contributed by atoms with van der Waals surface area (Å²) in [6, 6.07) is 7.53. The highest BCUT2D eigenvalue weighted by Crippen LogP contribution is 2.17. The van der Waals surface area contributed by atoms with E-state index in [0.29, 0.717) is 12.0 Å². The number of aromatic amines is 1. The van der Waals surface area contributed by atoms with E-state index in [2.05, 4.69) is 25.6 Å². The van der Waals surface area contributed by atoms with E-state index in [-0.39, 0.29) is 11.6 Å². The molecule has 2 N–H and O–H groups in total. The van der Waals surface area contributed by atoms with Crippen LogP contribution in [-0.2, 0) is 6.42 Å². The van der Waals surface area contributed by atoms with Crippen molar-refractivity contribution in [3.05, 3.63) is 63.4 Å². The molecule has 0 radical (unpaired) electrons. The summed E-state index contributed by atoms with van der Waals surface area (Å²) in [5, 5.41) is 25.9. The van der Waals surface area contributed by atoms with Crippen LogP contribution in [0.3, 0.4) is 0 Å². The number of nitrogens with one attached hydrogen (secondary N) is 1. The van der Waals surface area contributed by atoms with Crippen molar-refractivity contribution in [2.24, 2.45) is 0 Å². The lowest BCUT2D eigenvalue weighted by molar-refractivity contribution is 0.101. The van der Waals surface area contributed by atoms with E-state index < -0.39 is 6.10 Å². The number of tetrazole rings is 1. The standard InChI is InChI=1S/C16H15N5O2S/c1-10(22)12-4-2-11(3-5-12)8-15-17-13(9-24-15)6-7-14(23)16-18-20-21-19-16/h2-7,9,14,23H,8H2,1H3,(H,18,19,20,21). The second-order valence-electron chi connectivity index (χ2n) is 5.17. The molecule has 1 unspecified atom stereocenters. The molecule has 0 aliphatic rings. The molecule has 0 aliphatic heterocycles. The van der Waals surface area contributed by atoms with Crippen LogP contribution < -0.4 is 0 Å². The molecule has 1 atom stereocenters. The smallest absolute Gasteiger partial charge is 0.206 e. The highest BCUT2D eigenvalue weighted by Gasteiger charge is 2.08. The molecule has 0 saturated heterocycles. The fourth-order valence-electron chi connectivity index (χ4n) is 2.09. The molecule has 24 heavy (non-hydrogen) atoms. The maximum atomic E-state index is 11.3. The summed E-state index contributed by atoms with van der Waals surface area (Å²) >= 11 is 1.54. The number of thiazole rings is 1. The van der Waals surface area contributed by atoms with Gasteiger partial charge in [0.05, 0.1) is 10.7 Å². The van der Waals surface area contributed by atoms with E-state index in [1.807, 2.05) is 29.6 Å². The molecule has 122 valence electrons. The Morgan fingerprint density at radius 1 is 1.38 bits per heavy atom. The number of hydrogen-bond donors (Lipinski definition) is 2. The minimum absolute atomic E-state index is 0.0587. The Bertz CT molecular complexity index is 840. The predicted octanol–water partition coefficient (Wildman–Crippen LogP) is 2.20. The summed E-state index contributed by atoms with van der Waals surface area (Å²) in [5.74, 6) is 0.274. The van der Waals surface area contributed by atoms with E-state index >= 15 is 0 Å². The third kappa shape index (κ3) is 3.98. The maximum Gasteiger partial charge on any atom is 0.206 e. The van der Waals surface area contributed by atoms with Crippen LogP contribution >= 0.6 is 11.3 Å². The Kier molecular flexibility index (Phi) is 4.88. The number of carbonyl (C=O) groups is 1. The minimum atomic E-state index is -0.923. The van der Waals surface area contributed by atoms with Crippen molar-refractivity contribution in [2.45, 2.75) is 19.4 Å². The summed E-state index contributed by atoms with van der Waals surface area (Å²) < 4.78 is 0. The van der Waals surface area contributed by atoms with Crippen LogP contribution in [0.1, 0.15) is 45.5 Å². The Balaban J connectivity index is 1.64. The maximum absolute atomic E-state index is 11.3. The van der Waals surface area contributed by atoms with Gasteiger partial charge < -0.3 is 5.11 Å². The van der Waals surface area contributed by atoms with E-state index in [1.165, 1.54) is 0 Å². The van der Waals surface area contributed by atoms with Crippen molar-refractivity contribution >= 4 is 23.2 Å². The highest BCUT2D eigenvalue weighted by molar-refractivity contribution is 7.09. The van der Waals surface area contributed by atoms with Gasteiger partial charge in [0, 0.05) is 17.4 Å². The monoisotopic (exact) mass is 341 g/mol. The van der Waals surface area contributed by atoms with Crippen molar-refractivity contribution in [3.63, 3.8) is 0 Å². The summed E-state index contributed by atoms with van der Waals surface area (Å²) in [4.78, 5) is 15.8. The first kappa shape index (κ1) is 16.2. The van der Waals surface area contributed by atoms with Gasteiger partial charge in [-0.05, 0) is 24.6 Å². The first-order valence-electron chi connectivity index (χ1n) is 7.25. The van der Waals surface area contributed by atoms with Gasteiger partial charge in [0.2, 0.25) is 5.82 Å². The number of hydrogen-bond acceptors (Lipinski definition) is 7. The second kappa shape index (κ2) is 7.24. The zero-order valence-electron chi connectivity index (χ0n) is 12.9. The van der Waals surface area contributed by atoms with E-state index in [0.717, 1.165) is 16.3 Å². The van der Waals surface area contributed by atoms with Gasteiger partial charge in [-0.25, -0.2) is 4.98 Å². The van der Waals surface area contributed by atoms with Crippen LogP contribution in [0.2, 0.25) is 0 Å².